The van der Waals surface area contributed by atoms with Gasteiger partial charge in [0, 0.05) is 7.05 Å². The maximum atomic E-state index is 5.62. The second-order valence-corrected chi connectivity index (χ2v) is 4.78. The summed E-state index contributed by atoms with van der Waals surface area (Å²) in [4.78, 5) is 9.82. The van der Waals surface area contributed by atoms with E-state index < -0.39 is 0 Å². The quantitative estimate of drug-likeness (QED) is 0.764. The van der Waals surface area contributed by atoms with Crippen molar-refractivity contribution in [3.05, 3.63) is 35.8 Å². The Morgan fingerprint density at radius 3 is 2.83 bits per heavy atom. The molecule has 3 aromatic rings. The standard InChI is InChI=1S/C12H11N5S/c1-17-12(9-5-4-8(13)7-14-9)15-11(16-17)10-3-2-6-18-10/h2-7H,13H2,1H3. The Morgan fingerprint density at radius 2 is 2.17 bits per heavy atom. The van der Waals surface area contributed by atoms with E-state index in [1.54, 1.807) is 22.2 Å². The normalized spacial score (nSPS) is 10.7. The number of nitrogen functional groups attached to an aromatic ring is 1. The van der Waals surface area contributed by atoms with Gasteiger partial charge in [0.2, 0.25) is 0 Å². The molecule has 0 spiro atoms. The van der Waals surface area contributed by atoms with Gasteiger partial charge in [-0.25, -0.2) is 9.67 Å². The molecular weight excluding hydrogens is 246 g/mol. The van der Waals surface area contributed by atoms with Crippen molar-refractivity contribution in [1.82, 2.24) is 19.7 Å². The van der Waals surface area contributed by atoms with Crippen molar-refractivity contribution in [2.45, 2.75) is 0 Å². The van der Waals surface area contributed by atoms with Crippen LogP contribution in [0.2, 0.25) is 0 Å². The van der Waals surface area contributed by atoms with E-state index in [1.807, 2.05) is 36.7 Å². The average Bonchev–Trinajstić information content (AvgIpc) is 2.99. The summed E-state index contributed by atoms with van der Waals surface area (Å²) in [6.07, 6.45) is 1.62. The Balaban J connectivity index is 2.06. The molecule has 0 unspecified atom stereocenters. The zero-order chi connectivity index (χ0) is 12.5. The van der Waals surface area contributed by atoms with Gasteiger partial charge in [0.15, 0.2) is 11.6 Å². The van der Waals surface area contributed by atoms with E-state index in [0.717, 1.165) is 22.2 Å². The summed E-state index contributed by atoms with van der Waals surface area (Å²) in [5, 5.41) is 6.40. The highest BCUT2D eigenvalue weighted by Crippen LogP contribution is 2.24. The summed E-state index contributed by atoms with van der Waals surface area (Å²) in [5.41, 5.74) is 7.03. The molecule has 0 aliphatic rings. The van der Waals surface area contributed by atoms with Crippen LogP contribution in [0.1, 0.15) is 0 Å². The van der Waals surface area contributed by atoms with E-state index >= 15 is 0 Å². The SMILES string of the molecule is Cn1nc(-c2cccs2)nc1-c1ccc(N)cn1. The monoisotopic (exact) mass is 257 g/mol. The van der Waals surface area contributed by atoms with Crippen molar-refractivity contribution in [3.63, 3.8) is 0 Å². The molecule has 3 heterocycles. The molecule has 0 atom stereocenters. The molecule has 0 saturated heterocycles. The number of hydrogen-bond acceptors (Lipinski definition) is 5. The maximum Gasteiger partial charge on any atom is 0.191 e. The van der Waals surface area contributed by atoms with Crippen LogP contribution in [0.25, 0.3) is 22.2 Å². The van der Waals surface area contributed by atoms with Crippen LogP contribution in [0, 0.1) is 0 Å². The van der Waals surface area contributed by atoms with Crippen molar-refractivity contribution in [1.29, 1.82) is 0 Å². The number of aromatic nitrogens is 4. The fourth-order valence-electron chi connectivity index (χ4n) is 1.66. The summed E-state index contributed by atoms with van der Waals surface area (Å²) in [6, 6.07) is 7.64. The van der Waals surface area contributed by atoms with Gasteiger partial charge in [-0.1, -0.05) is 6.07 Å². The molecular formula is C12H11N5S. The molecule has 6 heteroatoms. The molecule has 90 valence electrons. The number of aryl methyl sites for hydroxylation is 1. The highest BCUT2D eigenvalue weighted by molar-refractivity contribution is 7.13. The second-order valence-electron chi connectivity index (χ2n) is 3.84. The first-order chi connectivity index (χ1) is 8.74. The molecule has 0 amide bonds. The molecule has 18 heavy (non-hydrogen) atoms. The number of nitrogens with zero attached hydrogens (tertiary/aromatic N) is 4. The Bertz CT molecular complexity index is 654. The van der Waals surface area contributed by atoms with Crippen LogP contribution in [-0.4, -0.2) is 19.7 Å². The first kappa shape index (κ1) is 10.9. The third-order valence-electron chi connectivity index (χ3n) is 2.52. The predicted molar refractivity (Wildman–Crippen MR) is 72.0 cm³/mol. The Hall–Kier alpha value is -2.21. The van der Waals surface area contributed by atoms with Crippen molar-refractivity contribution < 1.29 is 0 Å². The first-order valence-electron chi connectivity index (χ1n) is 5.41. The second kappa shape index (κ2) is 4.23. The smallest absolute Gasteiger partial charge is 0.191 e. The molecule has 0 radical (unpaired) electrons. The van der Waals surface area contributed by atoms with Gasteiger partial charge >= 0.3 is 0 Å². The zero-order valence-electron chi connectivity index (χ0n) is 9.74. The third kappa shape index (κ3) is 1.86. The van der Waals surface area contributed by atoms with Crippen molar-refractivity contribution >= 4 is 17.0 Å². The fourth-order valence-corrected chi connectivity index (χ4v) is 2.31. The molecule has 0 aromatic carbocycles. The topological polar surface area (TPSA) is 69.6 Å². The van der Waals surface area contributed by atoms with Crippen LogP contribution < -0.4 is 5.73 Å². The maximum absolute atomic E-state index is 5.62. The third-order valence-corrected chi connectivity index (χ3v) is 3.39. The zero-order valence-corrected chi connectivity index (χ0v) is 10.6. The van der Waals surface area contributed by atoms with Gasteiger partial charge in [-0.3, -0.25) is 4.98 Å². The number of pyridine rings is 1. The minimum atomic E-state index is 0.638. The van der Waals surface area contributed by atoms with Crippen LogP contribution in [0.4, 0.5) is 5.69 Å². The van der Waals surface area contributed by atoms with Gasteiger partial charge in [-0.05, 0) is 23.6 Å². The minimum absolute atomic E-state index is 0.638. The van der Waals surface area contributed by atoms with E-state index in [1.165, 1.54) is 0 Å². The molecule has 0 saturated carbocycles. The molecule has 3 rings (SSSR count). The average molecular weight is 257 g/mol. The highest BCUT2D eigenvalue weighted by atomic mass is 32.1. The van der Waals surface area contributed by atoms with E-state index in [0.29, 0.717) is 5.69 Å². The lowest BCUT2D eigenvalue weighted by Gasteiger charge is -1.98. The molecule has 0 aliphatic carbocycles. The summed E-state index contributed by atoms with van der Waals surface area (Å²) in [6.45, 7) is 0. The molecule has 0 aliphatic heterocycles. The lowest BCUT2D eigenvalue weighted by atomic mass is 10.3. The number of thiophene rings is 1. The molecule has 0 bridgehead atoms. The van der Waals surface area contributed by atoms with Gasteiger partial charge < -0.3 is 5.73 Å². The van der Waals surface area contributed by atoms with Crippen LogP contribution >= 0.6 is 11.3 Å². The Morgan fingerprint density at radius 1 is 1.28 bits per heavy atom. The summed E-state index contributed by atoms with van der Waals surface area (Å²) < 4.78 is 1.73. The summed E-state index contributed by atoms with van der Waals surface area (Å²) >= 11 is 1.62. The lowest BCUT2D eigenvalue weighted by molar-refractivity contribution is 0.775. The van der Waals surface area contributed by atoms with E-state index in [9.17, 15) is 0 Å². The molecule has 2 N–H and O–H groups in total. The van der Waals surface area contributed by atoms with E-state index in [-0.39, 0.29) is 0 Å². The number of hydrogen-bond donors (Lipinski definition) is 1. The first-order valence-corrected chi connectivity index (χ1v) is 6.29. The van der Waals surface area contributed by atoms with Gasteiger partial charge in [-0.15, -0.1) is 16.4 Å². The minimum Gasteiger partial charge on any atom is -0.397 e. The van der Waals surface area contributed by atoms with Crippen LogP contribution in [0.5, 0.6) is 0 Å². The molecule has 3 aromatic heterocycles. The van der Waals surface area contributed by atoms with Gasteiger partial charge in [0.25, 0.3) is 0 Å². The number of nitrogens with two attached hydrogens (primary N) is 1. The Labute approximate surface area is 108 Å². The largest absolute Gasteiger partial charge is 0.397 e. The fraction of sp³-hybridized carbons (Fsp3) is 0.0833. The highest BCUT2D eigenvalue weighted by Gasteiger charge is 2.12. The van der Waals surface area contributed by atoms with Gasteiger partial charge in [0.1, 0.15) is 5.69 Å². The predicted octanol–water partition coefficient (Wildman–Crippen LogP) is 2.19. The number of anilines is 1. The van der Waals surface area contributed by atoms with Crippen molar-refractivity contribution in [2.24, 2.45) is 7.05 Å². The van der Waals surface area contributed by atoms with Crippen LogP contribution in [-0.2, 0) is 7.05 Å². The lowest BCUT2D eigenvalue weighted by Crippen LogP contribution is -1.96. The van der Waals surface area contributed by atoms with Crippen molar-refractivity contribution in [2.75, 3.05) is 5.73 Å². The molecule has 5 nitrogen and oxygen atoms in total. The van der Waals surface area contributed by atoms with Gasteiger partial charge in [0.05, 0.1) is 16.8 Å². The Kier molecular flexibility index (Phi) is 2.56. The molecule has 0 fully saturated rings. The van der Waals surface area contributed by atoms with Crippen LogP contribution in [0.15, 0.2) is 35.8 Å². The van der Waals surface area contributed by atoms with E-state index in [2.05, 4.69) is 15.1 Å². The van der Waals surface area contributed by atoms with Crippen LogP contribution in [0.3, 0.4) is 0 Å². The summed E-state index contributed by atoms with van der Waals surface area (Å²) in [5.74, 6) is 1.46. The van der Waals surface area contributed by atoms with Gasteiger partial charge in [-0.2, -0.15) is 0 Å². The summed E-state index contributed by atoms with van der Waals surface area (Å²) in [7, 11) is 1.86. The van der Waals surface area contributed by atoms with E-state index in [4.69, 9.17) is 5.73 Å². The van der Waals surface area contributed by atoms with Crippen molar-refractivity contribution in [3.8, 4) is 22.2 Å². The number of rotatable bonds is 2.